The van der Waals surface area contributed by atoms with Crippen LogP contribution in [0.2, 0.25) is 5.02 Å². The molecule has 1 saturated heterocycles. The monoisotopic (exact) mass is 350 g/mol. The van der Waals surface area contributed by atoms with Crippen LogP contribution >= 0.6 is 11.6 Å². The number of rotatable bonds is 6. The topological polar surface area (TPSA) is 32.3 Å². The molecule has 1 aliphatic heterocycles. The molecule has 0 bridgehead atoms. The van der Waals surface area contributed by atoms with E-state index in [2.05, 4.69) is 44.0 Å². The molecule has 0 aromatic heterocycles. The predicted octanol–water partition coefficient (Wildman–Crippen LogP) is 4.35. The summed E-state index contributed by atoms with van der Waals surface area (Å²) >= 11 is 6.27. The van der Waals surface area contributed by atoms with Crippen LogP contribution in [-0.2, 0) is 11.3 Å². The van der Waals surface area contributed by atoms with Crippen LogP contribution in [0.1, 0.15) is 46.1 Å². The molecule has 1 aliphatic rings. The smallest absolute Gasteiger partial charge is 0.224 e. The van der Waals surface area contributed by atoms with E-state index in [9.17, 15) is 4.79 Å². The first-order valence-corrected chi connectivity index (χ1v) is 9.52. The Morgan fingerprint density at radius 2 is 1.92 bits per heavy atom. The zero-order chi connectivity index (χ0) is 17.7. The normalized spacial score (nSPS) is 19.2. The van der Waals surface area contributed by atoms with Gasteiger partial charge in [0.05, 0.1) is 5.92 Å². The number of benzene rings is 1. The zero-order valence-corrected chi connectivity index (χ0v) is 16.1. The molecular weight excluding hydrogens is 320 g/mol. The molecule has 1 amide bonds. The van der Waals surface area contributed by atoms with Gasteiger partial charge in [0, 0.05) is 24.2 Å². The number of amides is 1. The van der Waals surface area contributed by atoms with Crippen molar-refractivity contribution in [3.63, 3.8) is 0 Å². The Labute approximate surface area is 151 Å². The minimum Gasteiger partial charge on any atom is -0.353 e. The first kappa shape index (κ1) is 19.3. The van der Waals surface area contributed by atoms with E-state index in [4.69, 9.17) is 11.6 Å². The highest BCUT2D eigenvalue weighted by atomic mass is 35.5. The molecule has 1 atom stereocenters. The highest BCUT2D eigenvalue weighted by Gasteiger charge is 2.29. The summed E-state index contributed by atoms with van der Waals surface area (Å²) in [7, 11) is 0. The molecular formula is C20H31ClN2O. The Balaban J connectivity index is 1.95. The van der Waals surface area contributed by atoms with Crippen molar-refractivity contribution < 1.29 is 4.79 Å². The Hall–Kier alpha value is -1.06. The third-order valence-corrected chi connectivity index (χ3v) is 5.34. The van der Waals surface area contributed by atoms with E-state index in [1.807, 2.05) is 18.2 Å². The summed E-state index contributed by atoms with van der Waals surface area (Å²) in [5.41, 5.74) is 1.14. The van der Waals surface area contributed by atoms with Gasteiger partial charge in [-0.15, -0.1) is 0 Å². The average molecular weight is 351 g/mol. The van der Waals surface area contributed by atoms with Crippen LogP contribution in [0.25, 0.3) is 0 Å². The second-order valence-corrected chi connectivity index (χ2v) is 8.10. The van der Waals surface area contributed by atoms with E-state index in [1.54, 1.807) is 0 Å². The van der Waals surface area contributed by atoms with Gasteiger partial charge in [-0.3, -0.25) is 9.69 Å². The molecule has 0 radical (unpaired) electrons. The van der Waals surface area contributed by atoms with Gasteiger partial charge in [0.2, 0.25) is 5.91 Å². The number of carbonyl (C=O) groups is 1. The van der Waals surface area contributed by atoms with Crippen LogP contribution in [0, 0.1) is 17.8 Å². The maximum atomic E-state index is 12.7. The van der Waals surface area contributed by atoms with Gasteiger partial charge in [-0.05, 0) is 42.9 Å². The first-order chi connectivity index (χ1) is 11.4. The molecule has 1 N–H and O–H groups in total. The number of hydrogen-bond acceptors (Lipinski definition) is 2. The Kier molecular flexibility index (Phi) is 7.12. The molecule has 0 unspecified atom stereocenters. The summed E-state index contributed by atoms with van der Waals surface area (Å²) < 4.78 is 0. The predicted molar refractivity (Wildman–Crippen MR) is 101 cm³/mol. The van der Waals surface area contributed by atoms with E-state index < -0.39 is 0 Å². The zero-order valence-electron chi connectivity index (χ0n) is 15.4. The summed E-state index contributed by atoms with van der Waals surface area (Å²) in [6.07, 6.45) is 2.05. The van der Waals surface area contributed by atoms with Crippen LogP contribution in [0.4, 0.5) is 0 Å². The third-order valence-electron chi connectivity index (χ3n) is 4.97. The summed E-state index contributed by atoms with van der Waals surface area (Å²) in [6, 6.07) is 8.22. The SMILES string of the molecule is CC(C)C(NC(=O)[C@@H]1CCCN(Cc2ccccc2Cl)C1)C(C)C. The molecule has 4 heteroatoms. The lowest BCUT2D eigenvalue weighted by molar-refractivity contribution is -0.128. The van der Waals surface area contributed by atoms with Crippen LogP contribution in [0.5, 0.6) is 0 Å². The standard InChI is InChI=1S/C20H31ClN2O/c1-14(2)19(15(3)4)22-20(24)17-9-7-11-23(13-17)12-16-8-5-6-10-18(16)21/h5-6,8,10,14-15,17,19H,7,9,11-13H2,1-4H3,(H,22,24)/t17-/m1/s1. The fraction of sp³-hybridized carbons (Fsp3) is 0.650. The minimum absolute atomic E-state index is 0.0845. The van der Waals surface area contributed by atoms with Crippen molar-refractivity contribution in [1.29, 1.82) is 0 Å². The lowest BCUT2D eigenvalue weighted by atomic mass is 9.91. The second kappa shape index (κ2) is 8.87. The average Bonchev–Trinajstić information content (AvgIpc) is 2.54. The molecule has 3 nitrogen and oxygen atoms in total. The summed E-state index contributed by atoms with van der Waals surface area (Å²) in [5, 5.41) is 4.10. The lowest BCUT2D eigenvalue weighted by Crippen LogP contribution is -2.48. The largest absolute Gasteiger partial charge is 0.353 e. The number of piperidine rings is 1. The highest BCUT2D eigenvalue weighted by molar-refractivity contribution is 6.31. The van der Waals surface area contributed by atoms with Gasteiger partial charge in [-0.1, -0.05) is 57.5 Å². The van der Waals surface area contributed by atoms with Gasteiger partial charge in [-0.2, -0.15) is 0 Å². The fourth-order valence-electron chi connectivity index (χ4n) is 3.67. The molecule has 0 aliphatic carbocycles. The minimum atomic E-state index is 0.0845. The quantitative estimate of drug-likeness (QED) is 0.827. The highest BCUT2D eigenvalue weighted by Crippen LogP contribution is 2.23. The van der Waals surface area contributed by atoms with Gasteiger partial charge in [0.25, 0.3) is 0 Å². The molecule has 24 heavy (non-hydrogen) atoms. The van der Waals surface area contributed by atoms with Crippen molar-refractivity contribution in [3.05, 3.63) is 34.9 Å². The number of likely N-dealkylation sites (tertiary alicyclic amines) is 1. The maximum Gasteiger partial charge on any atom is 0.224 e. The first-order valence-electron chi connectivity index (χ1n) is 9.14. The third kappa shape index (κ3) is 5.22. The molecule has 2 rings (SSSR count). The number of halogens is 1. The van der Waals surface area contributed by atoms with Crippen LogP contribution in [0.3, 0.4) is 0 Å². The Morgan fingerprint density at radius 3 is 2.54 bits per heavy atom. The molecule has 0 spiro atoms. The number of carbonyl (C=O) groups excluding carboxylic acids is 1. The van der Waals surface area contributed by atoms with E-state index in [1.165, 1.54) is 0 Å². The molecule has 0 saturated carbocycles. The molecule has 1 aromatic rings. The molecule has 1 fully saturated rings. The van der Waals surface area contributed by atoms with Crippen LogP contribution in [0.15, 0.2) is 24.3 Å². The van der Waals surface area contributed by atoms with Crippen LogP contribution < -0.4 is 5.32 Å². The molecule has 134 valence electrons. The van der Waals surface area contributed by atoms with Crippen LogP contribution in [-0.4, -0.2) is 29.9 Å². The van der Waals surface area contributed by atoms with Crippen molar-refractivity contribution >= 4 is 17.5 Å². The van der Waals surface area contributed by atoms with Crippen molar-refractivity contribution in [3.8, 4) is 0 Å². The van der Waals surface area contributed by atoms with Gasteiger partial charge >= 0.3 is 0 Å². The number of nitrogens with zero attached hydrogens (tertiary/aromatic N) is 1. The van der Waals surface area contributed by atoms with Gasteiger partial charge in [0.15, 0.2) is 0 Å². The Morgan fingerprint density at radius 1 is 1.25 bits per heavy atom. The second-order valence-electron chi connectivity index (χ2n) is 7.69. The number of nitrogens with one attached hydrogen (secondary N) is 1. The lowest BCUT2D eigenvalue weighted by Gasteiger charge is -2.34. The molecule has 1 aromatic carbocycles. The summed E-state index contributed by atoms with van der Waals surface area (Å²) in [4.78, 5) is 15.1. The number of hydrogen-bond donors (Lipinski definition) is 1. The van der Waals surface area contributed by atoms with E-state index >= 15 is 0 Å². The van der Waals surface area contributed by atoms with E-state index in [-0.39, 0.29) is 17.9 Å². The van der Waals surface area contributed by atoms with Gasteiger partial charge in [0.1, 0.15) is 0 Å². The maximum absolute atomic E-state index is 12.7. The van der Waals surface area contributed by atoms with E-state index in [0.29, 0.717) is 11.8 Å². The fourth-order valence-corrected chi connectivity index (χ4v) is 3.86. The molecule has 1 heterocycles. The van der Waals surface area contributed by atoms with Crippen molar-refractivity contribution in [1.82, 2.24) is 10.2 Å². The summed E-state index contributed by atoms with van der Waals surface area (Å²) in [5.74, 6) is 1.21. The van der Waals surface area contributed by atoms with Crippen molar-refractivity contribution in [2.24, 2.45) is 17.8 Å². The Bertz CT molecular complexity index is 536. The summed E-state index contributed by atoms with van der Waals surface area (Å²) in [6.45, 7) is 11.4. The van der Waals surface area contributed by atoms with Gasteiger partial charge < -0.3 is 5.32 Å². The van der Waals surface area contributed by atoms with Gasteiger partial charge in [-0.25, -0.2) is 0 Å². The van der Waals surface area contributed by atoms with Crippen molar-refractivity contribution in [2.75, 3.05) is 13.1 Å². The van der Waals surface area contributed by atoms with Crippen molar-refractivity contribution in [2.45, 2.75) is 53.1 Å². The van der Waals surface area contributed by atoms with E-state index in [0.717, 1.165) is 43.1 Å².